The van der Waals surface area contributed by atoms with Crippen molar-refractivity contribution in [3.8, 4) is 11.5 Å². The lowest BCUT2D eigenvalue weighted by molar-refractivity contribution is -0.371. The van der Waals surface area contributed by atoms with Gasteiger partial charge in [0.15, 0.2) is 30.4 Å². The highest BCUT2D eigenvalue weighted by atomic mass is 16.8. The summed E-state index contributed by atoms with van der Waals surface area (Å²) in [6.45, 7) is 7.16. The SMILES string of the molecule is CC[C@@]1(O)CC(OC2C[C@H](N(C)C)C(OC3C[C@@H]4OC5CC(=O)C(C)OC5OC4C(C)O3)C(C)O2)c2c(cc3c(c2O)C(=O)c2c(O)cccc2C3=O)C1O. The summed E-state index contributed by atoms with van der Waals surface area (Å²) in [4.78, 5) is 41.8. The van der Waals surface area contributed by atoms with Crippen LogP contribution in [0.2, 0.25) is 0 Å². The number of fused-ring (bicyclic) bond motifs is 5. The van der Waals surface area contributed by atoms with E-state index in [9.17, 15) is 34.8 Å². The Labute approximate surface area is 318 Å². The molecule has 0 radical (unpaired) electrons. The minimum absolute atomic E-state index is 0.0251. The summed E-state index contributed by atoms with van der Waals surface area (Å²) < 4.78 is 44.3. The van der Waals surface area contributed by atoms with Crippen LogP contribution in [0.15, 0.2) is 24.3 Å². The molecule has 0 saturated carbocycles. The predicted molar refractivity (Wildman–Crippen MR) is 189 cm³/mol. The van der Waals surface area contributed by atoms with E-state index in [4.69, 9.17) is 33.2 Å². The molecule has 2 aliphatic carbocycles. The van der Waals surface area contributed by atoms with Crippen LogP contribution < -0.4 is 0 Å². The fourth-order valence-electron chi connectivity index (χ4n) is 9.22. The van der Waals surface area contributed by atoms with Gasteiger partial charge in [0.2, 0.25) is 5.78 Å². The molecule has 11 unspecified atom stereocenters. The second kappa shape index (κ2) is 14.2. The Morgan fingerprint density at radius 1 is 0.873 bits per heavy atom. The summed E-state index contributed by atoms with van der Waals surface area (Å²) in [5.41, 5.74) is -2.25. The second-order valence-electron chi connectivity index (χ2n) is 16.0. The number of hydrogen-bond donors (Lipinski definition) is 4. The maximum atomic E-state index is 13.8. The number of carbonyl (C=O) groups is 3. The van der Waals surface area contributed by atoms with Gasteiger partial charge in [0.25, 0.3) is 0 Å². The molecule has 8 rings (SSSR count). The number of benzene rings is 2. The monoisotopic (exact) mass is 767 g/mol. The van der Waals surface area contributed by atoms with Crippen molar-refractivity contribution in [1.82, 2.24) is 4.90 Å². The number of carbonyl (C=O) groups excluding carboxylic acids is 3. The van der Waals surface area contributed by atoms with Crippen LogP contribution in [-0.2, 0) is 38.0 Å². The molecule has 0 amide bonds. The Bertz CT molecular complexity index is 1880. The number of phenols is 2. The van der Waals surface area contributed by atoms with Gasteiger partial charge in [-0.3, -0.25) is 14.4 Å². The van der Waals surface area contributed by atoms with Crippen LogP contribution in [0.4, 0.5) is 0 Å². The van der Waals surface area contributed by atoms with Gasteiger partial charge >= 0.3 is 0 Å². The van der Waals surface area contributed by atoms with Crippen molar-refractivity contribution in [3.63, 3.8) is 0 Å². The molecule has 2 aromatic carbocycles. The topological polar surface area (TPSA) is 200 Å². The Morgan fingerprint density at radius 3 is 2.33 bits per heavy atom. The van der Waals surface area contributed by atoms with Gasteiger partial charge < -0.3 is 58.5 Å². The summed E-state index contributed by atoms with van der Waals surface area (Å²) in [5.74, 6) is -2.34. The molecule has 298 valence electrons. The fraction of sp³-hybridized carbons (Fsp3) is 0.625. The van der Waals surface area contributed by atoms with Gasteiger partial charge in [-0.1, -0.05) is 19.1 Å². The number of rotatable bonds is 6. The van der Waals surface area contributed by atoms with E-state index in [0.717, 1.165) is 0 Å². The van der Waals surface area contributed by atoms with Crippen molar-refractivity contribution in [2.75, 3.05) is 14.1 Å². The van der Waals surface area contributed by atoms with E-state index in [1.807, 2.05) is 32.8 Å². The maximum absolute atomic E-state index is 13.8. The van der Waals surface area contributed by atoms with Gasteiger partial charge in [-0.15, -0.1) is 0 Å². The summed E-state index contributed by atoms with van der Waals surface area (Å²) in [5, 5.41) is 45.5. The van der Waals surface area contributed by atoms with Crippen LogP contribution >= 0.6 is 0 Å². The summed E-state index contributed by atoms with van der Waals surface area (Å²) >= 11 is 0. The van der Waals surface area contributed by atoms with Gasteiger partial charge in [0, 0.05) is 48.4 Å². The van der Waals surface area contributed by atoms with Gasteiger partial charge in [-0.05, 0) is 59.0 Å². The molecule has 55 heavy (non-hydrogen) atoms. The van der Waals surface area contributed by atoms with E-state index < -0.39 is 96.4 Å². The van der Waals surface area contributed by atoms with Crippen LogP contribution in [0.3, 0.4) is 0 Å². The molecule has 0 spiro atoms. The Kier molecular flexibility index (Phi) is 9.97. The maximum Gasteiger partial charge on any atom is 0.201 e. The zero-order valence-corrected chi connectivity index (χ0v) is 31.7. The first-order chi connectivity index (χ1) is 26.1. The lowest BCUT2D eigenvalue weighted by Gasteiger charge is -2.51. The highest BCUT2D eigenvalue weighted by Crippen LogP contribution is 2.53. The van der Waals surface area contributed by atoms with Crippen LogP contribution in [0.5, 0.6) is 11.5 Å². The lowest BCUT2D eigenvalue weighted by atomic mass is 9.71. The molecule has 4 fully saturated rings. The number of ether oxygens (including phenoxy) is 7. The second-order valence-corrected chi connectivity index (χ2v) is 16.0. The zero-order chi connectivity index (χ0) is 39.2. The first-order valence-corrected chi connectivity index (χ1v) is 19.1. The number of Topliss-reactive ketones (excluding diaryl/α,β-unsaturated/α-hetero) is 1. The third-order valence-electron chi connectivity index (χ3n) is 12.3. The first-order valence-electron chi connectivity index (χ1n) is 19.1. The van der Waals surface area contributed by atoms with Crippen LogP contribution in [-0.4, -0.2) is 130 Å². The standard InChI is InChI=1S/C40H49NO14/c1-7-40(48)15-27(31-21(38(40)47)11-20-32(35(31)46)34(45)30-19(33(20)44)9-8-10-23(30)42)53-28-12-22(41(5)6)36(17(3)49-28)54-29-14-25-37(18(4)50-29)55-39-26(52-25)13-24(43)16(2)51-39/h8-11,16-18,22,25-29,36-39,42,46-48H,7,12-15H2,1-6H3/t16?,17?,18?,22-,25-,26?,27?,28?,29?,36?,37?,38?,39?,40+/m0/s1. The number of likely N-dealkylation sites (N-methyl/N-ethyl adjacent to an activating group) is 1. The summed E-state index contributed by atoms with van der Waals surface area (Å²) in [6.07, 6.45) is -7.25. The molecule has 4 saturated heterocycles. The number of aliphatic hydroxyl groups is 2. The lowest BCUT2D eigenvalue weighted by Crippen LogP contribution is -2.62. The third-order valence-corrected chi connectivity index (χ3v) is 12.3. The van der Waals surface area contributed by atoms with Gasteiger partial charge in [-0.2, -0.15) is 0 Å². The average Bonchev–Trinajstić information content (AvgIpc) is 3.13. The van der Waals surface area contributed by atoms with Crippen LogP contribution in [0.1, 0.15) is 115 Å². The van der Waals surface area contributed by atoms with Crippen molar-refractivity contribution >= 4 is 17.3 Å². The van der Waals surface area contributed by atoms with Crippen molar-refractivity contribution in [3.05, 3.63) is 57.6 Å². The largest absolute Gasteiger partial charge is 0.507 e. The molecule has 4 N–H and O–H groups in total. The Balaban J connectivity index is 1.03. The molecule has 4 aliphatic heterocycles. The number of phenolic OH excluding ortho intramolecular Hbond substituents is 2. The third kappa shape index (κ3) is 6.42. The van der Waals surface area contributed by atoms with Gasteiger partial charge in [-0.25, -0.2) is 0 Å². The number of ketones is 3. The molecular formula is C40H49NO14. The van der Waals surface area contributed by atoms with E-state index in [-0.39, 0.29) is 70.6 Å². The summed E-state index contributed by atoms with van der Waals surface area (Å²) in [6, 6.07) is 5.23. The number of nitrogens with zero attached hydrogens (tertiary/aromatic N) is 1. The molecule has 4 heterocycles. The zero-order valence-electron chi connectivity index (χ0n) is 31.7. The molecule has 15 nitrogen and oxygen atoms in total. The smallest absolute Gasteiger partial charge is 0.201 e. The number of hydrogen-bond acceptors (Lipinski definition) is 15. The van der Waals surface area contributed by atoms with E-state index in [1.54, 1.807) is 13.8 Å². The number of aliphatic hydroxyl groups excluding tert-OH is 1. The molecule has 2 aromatic rings. The Morgan fingerprint density at radius 2 is 1.60 bits per heavy atom. The normalized spacial score (nSPS) is 39.9. The fourth-order valence-corrected chi connectivity index (χ4v) is 9.22. The predicted octanol–water partition coefficient (Wildman–Crippen LogP) is 2.95. The quantitative estimate of drug-likeness (QED) is 0.285. The van der Waals surface area contributed by atoms with Crippen LogP contribution in [0.25, 0.3) is 0 Å². The molecule has 0 bridgehead atoms. The van der Waals surface area contributed by atoms with Gasteiger partial charge in [0.05, 0.1) is 41.1 Å². The molecule has 15 heteroatoms. The average molecular weight is 768 g/mol. The highest BCUT2D eigenvalue weighted by Gasteiger charge is 2.53. The van der Waals surface area contributed by atoms with E-state index in [2.05, 4.69) is 0 Å². The first kappa shape index (κ1) is 38.5. The van der Waals surface area contributed by atoms with Crippen LogP contribution in [0, 0.1) is 0 Å². The van der Waals surface area contributed by atoms with Crippen molar-refractivity contribution in [1.29, 1.82) is 0 Å². The molecule has 14 atom stereocenters. The van der Waals surface area contributed by atoms with Crippen molar-refractivity contribution < 1.29 is 68.0 Å². The molecule has 0 aromatic heterocycles. The number of aromatic hydroxyl groups is 2. The van der Waals surface area contributed by atoms with E-state index in [0.29, 0.717) is 12.8 Å². The van der Waals surface area contributed by atoms with Crippen molar-refractivity contribution in [2.24, 2.45) is 0 Å². The minimum Gasteiger partial charge on any atom is -0.507 e. The van der Waals surface area contributed by atoms with E-state index in [1.165, 1.54) is 24.3 Å². The Hall–Kier alpha value is -3.35. The summed E-state index contributed by atoms with van der Waals surface area (Å²) in [7, 11) is 3.82. The van der Waals surface area contributed by atoms with E-state index >= 15 is 0 Å². The van der Waals surface area contributed by atoms with Crippen molar-refractivity contribution in [2.45, 2.75) is 145 Å². The highest BCUT2D eigenvalue weighted by molar-refractivity contribution is 6.30. The van der Waals surface area contributed by atoms with Gasteiger partial charge in [0.1, 0.15) is 42.0 Å². The molecular weight excluding hydrogens is 718 g/mol. The minimum atomic E-state index is -1.70. The molecule has 6 aliphatic rings.